The highest BCUT2D eigenvalue weighted by Crippen LogP contribution is 2.12. The van der Waals surface area contributed by atoms with E-state index >= 15 is 0 Å². The Hall–Kier alpha value is -0.240. The first-order chi connectivity index (χ1) is 9.27. The summed E-state index contributed by atoms with van der Waals surface area (Å²) in [6.07, 6.45) is 0. The van der Waals surface area contributed by atoms with E-state index in [2.05, 4.69) is 0 Å². The van der Waals surface area contributed by atoms with Crippen LogP contribution >= 0.6 is 0 Å². The first-order valence-corrected chi connectivity index (χ1v) is 6.71. The third kappa shape index (κ3) is 8.52. The van der Waals surface area contributed by atoms with Gasteiger partial charge in [-0.1, -0.05) is 0 Å². The van der Waals surface area contributed by atoms with Crippen molar-refractivity contribution in [3.05, 3.63) is 0 Å². The molecule has 1 rings (SSSR count). The lowest BCUT2D eigenvalue weighted by Gasteiger charge is -2.30. The molecular weight excluding hydrogens is 252 g/mol. The van der Waals surface area contributed by atoms with E-state index < -0.39 is 5.60 Å². The van der Waals surface area contributed by atoms with Crippen molar-refractivity contribution in [3.8, 4) is 0 Å². The zero-order valence-electron chi connectivity index (χ0n) is 12.0. The van der Waals surface area contributed by atoms with E-state index in [9.17, 15) is 0 Å². The molecule has 0 amide bonds. The molecule has 1 atom stereocenters. The Labute approximate surface area is 115 Å². The number of ether oxygens (including phenoxy) is 6. The Morgan fingerprint density at radius 1 is 0.895 bits per heavy atom. The molecule has 0 saturated carbocycles. The second-order valence-corrected chi connectivity index (χ2v) is 4.62. The van der Waals surface area contributed by atoms with Crippen LogP contribution in [0.25, 0.3) is 0 Å². The molecule has 6 nitrogen and oxygen atoms in total. The minimum Gasteiger partial charge on any atom is -0.382 e. The van der Waals surface area contributed by atoms with Crippen molar-refractivity contribution in [1.29, 1.82) is 0 Å². The first kappa shape index (κ1) is 16.8. The van der Waals surface area contributed by atoms with E-state index in [0.717, 1.165) is 0 Å². The van der Waals surface area contributed by atoms with E-state index in [4.69, 9.17) is 28.4 Å². The molecule has 1 aliphatic rings. The highest BCUT2D eigenvalue weighted by Gasteiger charge is 2.26. The van der Waals surface area contributed by atoms with E-state index in [1.165, 1.54) is 0 Å². The van der Waals surface area contributed by atoms with Gasteiger partial charge < -0.3 is 28.4 Å². The molecule has 0 bridgehead atoms. The summed E-state index contributed by atoms with van der Waals surface area (Å²) in [6, 6.07) is 0. The largest absolute Gasteiger partial charge is 0.382 e. The monoisotopic (exact) mass is 278 g/mol. The quantitative estimate of drug-likeness (QED) is 0.682. The summed E-state index contributed by atoms with van der Waals surface area (Å²) in [4.78, 5) is 0. The van der Waals surface area contributed by atoms with Crippen LogP contribution in [0, 0.1) is 0 Å². The van der Waals surface area contributed by atoms with Crippen LogP contribution in [0.3, 0.4) is 0 Å². The van der Waals surface area contributed by atoms with E-state index in [1.807, 2.05) is 6.92 Å². The van der Waals surface area contributed by atoms with Crippen LogP contribution in [0.15, 0.2) is 0 Å². The van der Waals surface area contributed by atoms with Gasteiger partial charge in [0.15, 0.2) is 0 Å². The third-order valence-electron chi connectivity index (χ3n) is 2.67. The lowest BCUT2D eigenvalue weighted by Crippen LogP contribution is -2.41. The molecule has 0 spiro atoms. The summed E-state index contributed by atoms with van der Waals surface area (Å²) in [5, 5.41) is 0. The predicted molar refractivity (Wildman–Crippen MR) is 69.5 cm³/mol. The number of rotatable bonds is 5. The van der Waals surface area contributed by atoms with Crippen molar-refractivity contribution in [2.24, 2.45) is 0 Å². The van der Waals surface area contributed by atoms with Crippen LogP contribution in [0.2, 0.25) is 0 Å². The summed E-state index contributed by atoms with van der Waals surface area (Å²) in [5.41, 5.74) is -0.462. The molecule has 1 unspecified atom stereocenters. The normalized spacial score (nSPS) is 27.5. The van der Waals surface area contributed by atoms with Gasteiger partial charge >= 0.3 is 0 Å². The van der Waals surface area contributed by atoms with Crippen LogP contribution in [-0.2, 0) is 28.4 Å². The molecule has 0 aromatic carbocycles. The maximum Gasteiger partial charge on any atom is 0.112 e. The standard InChI is InChI=1S/C13H26O6/c1-13(11-17-4-3-14-2)12-18-8-7-15-5-6-16-9-10-19-13/h3-12H2,1-2H3. The van der Waals surface area contributed by atoms with Crippen molar-refractivity contribution in [3.63, 3.8) is 0 Å². The molecule has 0 radical (unpaired) electrons. The average molecular weight is 278 g/mol. The molecule has 0 aromatic rings. The van der Waals surface area contributed by atoms with Crippen molar-refractivity contribution in [2.75, 3.05) is 73.2 Å². The zero-order chi connectivity index (χ0) is 13.8. The van der Waals surface area contributed by atoms with Gasteiger partial charge in [0.1, 0.15) is 5.60 Å². The molecule has 1 fully saturated rings. The molecule has 19 heavy (non-hydrogen) atoms. The van der Waals surface area contributed by atoms with Gasteiger partial charge in [0.2, 0.25) is 0 Å². The van der Waals surface area contributed by atoms with E-state index in [0.29, 0.717) is 66.1 Å². The minimum absolute atomic E-state index is 0.462. The second-order valence-electron chi connectivity index (χ2n) is 4.62. The van der Waals surface area contributed by atoms with Crippen molar-refractivity contribution >= 4 is 0 Å². The molecule has 114 valence electrons. The molecule has 1 heterocycles. The lowest BCUT2D eigenvalue weighted by molar-refractivity contribution is -0.145. The van der Waals surface area contributed by atoms with E-state index in [-0.39, 0.29) is 0 Å². The fourth-order valence-corrected chi connectivity index (χ4v) is 1.63. The summed E-state index contributed by atoms with van der Waals surface area (Å²) in [7, 11) is 1.65. The molecule has 0 aliphatic carbocycles. The average Bonchev–Trinajstić information content (AvgIpc) is 2.39. The summed E-state index contributed by atoms with van der Waals surface area (Å²) < 4.78 is 32.6. The van der Waals surface area contributed by atoms with Crippen LogP contribution in [0.5, 0.6) is 0 Å². The lowest BCUT2D eigenvalue weighted by atomic mass is 10.1. The molecule has 1 saturated heterocycles. The number of hydrogen-bond donors (Lipinski definition) is 0. The van der Waals surface area contributed by atoms with Crippen LogP contribution < -0.4 is 0 Å². The second kappa shape index (κ2) is 10.5. The van der Waals surface area contributed by atoms with Crippen LogP contribution in [0.4, 0.5) is 0 Å². The third-order valence-corrected chi connectivity index (χ3v) is 2.67. The smallest absolute Gasteiger partial charge is 0.112 e. The van der Waals surface area contributed by atoms with Crippen molar-refractivity contribution < 1.29 is 28.4 Å². The fourth-order valence-electron chi connectivity index (χ4n) is 1.63. The highest BCUT2D eigenvalue weighted by molar-refractivity contribution is 4.74. The zero-order valence-corrected chi connectivity index (χ0v) is 12.0. The molecule has 0 aromatic heterocycles. The van der Waals surface area contributed by atoms with Gasteiger partial charge in [-0.3, -0.25) is 0 Å². The van der Waals surface area contributed by atoms with Gasteiger partial charge in [-0.15, -0.1) is 0 Å². The predicted octanol–water partition coefficient (Wildman–Crippen LogP) is 0.488. The maximum atomic E-state index is 5.83. The summed E-state index contributed by atoms with van der Waals surface area (Å²) >= 11 is 0. The van der Waals surface area contributed by atoms with Gasteiger partial charge in [-0.25, -0.2) is 0 Å². The Bertz CT molecular complexity index is 194. The molecule has 0 N–H and O–H groups in total. The topological polar surface area (TPSA) is 55.4 Å². The SMILES string of the molecule is COCCOCC1(C)COCCOCCOCCO1. The van der Waals surface area contributed by atoms with Crippen LogP contribution in [-0.4, -0.2) is 78.8 Å². The molecular formula is C13H26O6. The Kier molecular flexibility index (Phi) is 9.32. The molecule has 1 aliphatic heterocycles. The summed E-state index contributed by atoms with van der Waals surface area (Å²) in [6.45, 7) is 7.44. The summed E-state index contributed by atoms with van der Waals surface area (Å²) in [5.74, 6) is 0. The highest BCUT2D eigenvalue weighted by atomic mass is 16.6. The van der Waals surface area contributed by atoms with Crippen molar-refractivity contribution in [2.45, 2.75) is 12.5 Å². The number of methoxy groups -OCH3 is 1. The van der Waals surface area contributed by atoms with Gasteiger partial charge in [-0.05, 0) is 6.92 Å². The minimum atomic E-state index is -0.462. The Morgan fingerprint density at radius 3 is 2.21 bits per heavy atom. The molecule has 6 heteroatoms. The maximum absolute atomic E-state index is 5.83. The van der Waals surface area contributed by atoms with Gasteiger partial charge in [0.05, 0.1) is 66.1 Å². The van der Waals surface area contributed by atoms with Crippen molar-refractivity contribution in [1.82, 2.24) is 0 Å². The Balaban J connectivity index is 2.31. The van der Waals surface area contributed by atoms with Crippen LogP contribution in [0.1, 0.15) is 6.92 Å². The van der Waals surface area contributed by atoms with Gasteiger partial charge in [-0.2, -0.15) is 0 Å². The number of hydrogen-bond acceptors (Lipinski definition) is 6. The van der Waals surface area contributed by atoms with E-state index in [1.54, 1.807) is 7.11 Å². The van der Waals surface area contributed by atoms with Gasteiger partial charge in [0.25, 0.3) is 0 Å². The van der Waals surface area contributed by atoms with Gasteiger partial charge in [0, 0.05) is 7.11 Å². The Morgan fingerprint density at radius 2 is 1.53 bits per heavy atom. The first-order valence-electron chi connectivity index (χ1n) is 6.71. The fraction of sp³-hybridized carbons (Fsp3) is 1.00.